The van der Waals surface area contributed by atoms with Crippen molar-refractivity contribution in [3.63, 3.8) is 0 Å². The maximum atomic E-state index is 14.6. The van der Waals surface area contributed by atoms with Gasteiger partial charge in [0.15, 0.2) is 34.6 Å². The number of aromatic carboxylic acids is 1. The first kappa shape index (κ1) is 45.4. The lowest BCUT2D eigenvalue weighted by molar-refractivity contribution is 0.0696. The summed E-state index contributed by atoms with van der Waals surface area (Å²) in [5, 5.41) is 25.9. The maximum absolute atomic E-state index is 14.6. The molecule has 2 saturated carbocycles. The average molecular weight is 906 g/mol. The second kappa shape index (κ2) is 19.9. The number of benzene rings is 2. The summed E-state index contributed by atoms with van der Waals surface area (Å²) in [6.07, 6.45) is 19.5. The molecule has 8 aromatic rings. The first-order valence-electron chi connectivity index (χ1n) is 21.4. The summed E-state index contributed by atoms with van der Waals surface area (Å²) in [6, 6.07) is 16.0. The standard InChI is InChI=1S/C25H22FN5O2.C15H14N4O2.C9H9FN2O/c1-27-21-7-9-23(33-2)25(26)20(21)6-8-22(32)18-11-28-31(13-18)15-19-14-30-12-17(16-3-4-16)5-10-24(30)29-19;20-15(21)12-5-16-19(7-12)9-13-8-18-6-11(10-1-2-10)3-4-14(18)17-13;1-13-8-3-2-6(4-11)7(5-12)9(8)10/h5,7,9-14,16H,3-4,6,8,15H2,2H3;3-8,10H,1-2,9H2,(H,20,21);2-3H,5,12H2,1H3. The summed E-state index contributed by atoms with van der Waals surface area (Å²) < 4.78 is 45.0. The molecule has 6 heterocycles. The summed E-state index contributed by atoms with van der Waals surface area (Å²) in [4.78, 5) is 36.1. The predicted octanol–water partition coefficient (Wildman–Crippen LogP) is 8.29. The van der Waals surface area contributed by atoms with Crippen molar-refractivity contribution in [3.8, 4) is 17.6 Å². The monoisotopic (exact) mass is 905 g/mol. The van der Waals surface area contributed by atoms with Gasteiger partial charge in [0.05, 0.1) is 80.4 Å². The van der Waals surface area contributed by atoms with E-state index in [2.05, 4.69) is 49.5 Å². The van der Waals surface area contributed by atoms with Gasteiger partial charge in [-0.2, -0.15) is 15.5 Å². The molecule has 2 aromatic carbocycles. The molecule has 0 amide bonds. The van der Waals surface area contributed by atoms with Gasteiger partial charge in [0.2, 0.25) is 0 Å². The minimum atomic E-state index is -0.967. The highest BCUT2D eigenvalue weighted by Gasteiger charge is 2.25. The number of ketones is 1. The Balaban J connectivity index is 0.000000152. The molecule has 67 heavy (non-hydrogen) atoms. The Kier molecular flexibility index (Phi) is 13.5. The molecule has 0 unspecified atom stereocenters. The zero-order valence-corrected chi connectivity index (χ0v) is 36.6. The summed E-state index contributed by atoms with van der Waals surface area (Å²) in [6.45, 7) is 8.16. The summed E-state index contributed by atoms with van der Waals surface area (Å²) in [7, 11) is 2.74. The van der Waals surface area contributed by atoms with Crippen molar-refractivity contribution in [1.82, 2.24) is 38.3 Å². The molecule has 340 valence electrons. The van der Waals surface area contributed by atoms with E-state index in [0.29, 0.717) is 30.5 Å². The second-order valence-electron chi connectivity index (χ2n) is 16.2. The molecule has 2 fully saturated rings. The average Bonchev–Trinajstić information content (AvgIpc) is 4.17. The Labute approximate surface area is 383 Å². The third kappa shape index (κ3) is 10.5. The number of ether oxygens (including phenoxy) is 2. The lowest BCUT2D eigenvalue weighted by atomic mass is 10.0. The third-order valence-electron chi connectivity index (χ3n) is 11.5. The summed E-state index contributed by atoms with van der Waals surface area (Å²) in [5.74, 6) is -0.710. The number of aromatic nitrogens is 8. The zero-order valence-electron chi connectivity index (χ0n) is 36.6. The largest absolute Gasteiger partial charge is 0.494 e. The van der Waals surface area contributed by atoms with E-state index in [0.717, 1.165) is 22.7 Å². The molecule has 0 bridgehead atoms. The lowest BCUT2D eigenvalue weighted by Crippen LogP contribution is -2.04. The second-order valence-corrected chi connectivity index (χ2v) is 16.2. The summed E-state index contributed by atoms with van der Waals surface area (Å²) in [5.41, 5.74) is 13.0. The number of hydrogen-bond donors (Lipinski definition) is 2. The number of pyridine rings is 2. The maximum Gasteiger partial charge on any atom is 0.338 e. The molecule has 16 nitrogen and oxygen atoms in total. The van der Waals surface area contributed by atoms with E-state index in [1.54, 1.807) is 15.6 Å². The molecular formula is C49H45F2N11O5. The van der Waals surface area contributed by atoms with Crippen molar-refractivity contribution >= 4 is 28.7 Å². The quantitative estimate of drug-likeness (QED) is 0.0787. The fourth-order valence-corrected chi connectivity index (χ4v) is 7.61. The van der Waals surface area contributed by atoms with Crippen LogP contribution in [0.2, 0.25) is 0 Å². The van der Waals surface area contributed by atoms with Crippen LogP contribution in [0.1, 0.15) is 104 Å². The fourth-order valence-electron chi connectivity index (χ4n) is 7.61. The number of carbonyl (C=O) groups is 2. The van der Waals surface area contributed by atoms with Gasteiger partial charge >= 0.3 is 5.97 Å². The van der Waals surface area contributed by atoms with Crippen LogP contribution in [-0.2, 0) is 26.1 Å². The van der Waals surface area contributed by atoms with E-state index in [9.17, 15) is 18.4 Å². The highest BCUT2D eigenvalue weighted by atomic mass is 19.1. The van der Waals surface area contributed by atoms with E-state index < -0.39 is 17.6 Å². The van der Waals surface area contributed by atoms with Crippen LogP contribution in [0, 0.1) is 29.5 Å². The van der Waals surface area contributed by atoms with Gasteiger partial charge in [0.1, 0.15) is 11.3 Å². The molecular weight excluding hydrogens is 861 g/mol. The number of nitrogens with zero attached hydrogens (tertiary/aromatic N) is 10. The number of nitrogens with two attached hydrogens (primary N) is 1. The van der Waals surface area contributed by atoms with E-state index >= 15 is 0 Å². The van der Waals surface area contributed by atoms with Crippen molar-refractivity contribution in [2.45, 2.75) is 70.0 Å². The molecule has 2 aliphatic carbocycles. The van der Waals surface area contributed by atoms with Gasteiger partial charge in [0.25, 0.3) is 0 Å². The number of carboxylic acids is 1. The molecule has 6 aromatic heterocycles. The SMILES string of the molecule is COc1ccc(C#N)c(CN)c1F.O=C(O)c1cnn(Cc2cn3cc(C4CC4)ccc3n2)c1.[C-]#[N+]c1ccc(OC)c(F)c1CCC(=O)c1cnn(Cc2cn3cc(C4CC4)ccc3n2)c1. The van der Waals surface area contributed by atoms with Gasteiger partial charge in [-0.1, -0.05) is 18.2 Å². The van der Waals surface area contributed by atoms with Crippen molar-refractivity contribution in [3.05, 3.63) is 171 Å². The smallest absolute Gasteiger partial charge is 0.338 e. The highest BCUT2D eigenvalue weighted by molar-refractivity contribution is 5.95. The van der Waals surface area contributed by atoms with E-state index in [4.69, 9.17) is 32.1 Å². The Hall–Kier alpha value is -8.22. The molecule has 0 radical (unpaired) electrons. The topological polar surface area (TPSA) is 197 Å². The van der Waals surface area contributed by atoms with Gasteiger partial charge < -0.3 is 29.1 Å². The Morgan fingerprint density at radius 3 is 1.78 bits per heavy atom. The Morgan fingerprint density at radius 2 is 1.30 bits per heavy atom. The van der Waals surface area contributed by atoms with Crippen LogP contribution in [0.15, 0.2) is 98.1 Å². The van der Waals surface area contributed by atoms with Gasteiger partial charge in [-0.25, -0.2) is 28.4 Å². The van der Waals surface area contributed by atoms with Gasteiger partial charge in [-0.15, -0.1) is 0 Å². The molecule has 18 heteroatoms. The predicted molar refractivity (Wildman–Crippen MR) is 241 cm³/mol. The van der Waals surface area contributed by atoms with Crippen molar-refractivity contribution < 1.29 is 33.0 Å². The van der Waals surface area contributed by atoms with Crippen LogP contribution in [0.4, 0.5) is 14.5 Å². The number of Topliss-reactive ketones (excluding diaryl/α,β-unsaturated/α-hetero) is 1. The number of hydrogen-bond acceptors (Lipinski definition) is 10. The van der Waals surface area contributed by atoms with Crippen LogP contribution >= 0.6 is 0 Å². The number of carboxylic acid groups (broad SMARTS) is 1. The van der Waals surface area contributed by atoms with Crippen molar-refractivity contribution in [2.24, 2.45) is 5.73 Å². The Bertz CT molecular complexity index is 3200. The number of fused-ring (bicyclic) bond motifs is 2. The summed E-state index contributed by atoms with van der Waals surface area (Å²) >= 11 is 0. The number of halogens is 2. The van der Waals surface area contributed by atoms with Crippen LogP contribution in [0.25, 0.3) is 16.1 Å². The van der Waals surface area contributed by atoms with Gasteiger partial charge in [0, 0.05) is 55.7 Å². The zero-order chi connectivity index (χ0) is 47.2. The van der Waals surface area contributed by atoms with Gasteiger partial charge in [-0.05, 0) is 91.0 Å². The van der Waals surface area contributed by atoms with Crippen LogP contribution < -0.4 is 15.2 Å². The number of carbonyl (C=O) groups excluding carboxylic acids is 1. The molecule has 0 saturated heterocycles. The lowest BCUT2D eigenvalue weighted by Gasteiger charge is -2.09. The molecule has 10 rings (SSSR count). The molecule has 0 atom stereocenters. The van der Waals surface area contributed by atoms with Crippen molar-refractivity contribution in [1.29, 1.82) is 5.26 Å². The van der Waals surface area contributed by atoms with Crippen LogP contribution in [-0.4, -0.2) is 69.4 Å². The Morgan fingerprint density at radius 1 is 0.776 bits per heavy atom. The van der Waals surface area contributed by atoms with Gasteiger partial charge in [-0.3, -0.25) is 14.2 Å². The number of rotatable bonds is 14. The number of imidazole rings is 2. The minimum Gasteiger partial charge on any atom is -0.494 e. The normalized spacial score (nSPS) is 12.9. The molecule has 0 aliphatic heterocycles. The van der Waals surface area contributed by atoms with E-state index in [-0.39, 0.29) is 64.6 Å². The van der Waals surface area contributed by atoms with Crippen LogP contribution in [0.5, 0.6) is 11.5 Å². The van der Waals surface area contributed by atoms with Crippen LogP contribution in [0.3, 0.4) is 0 Å². The molecule has 0 spiro atoms. The third-order valence-corrected chi connectivity index (χ3v) is 11.5. The molecule has 3 N–H and O–H groups in total. The molecule has 2 aliphatic rings. The fraction of sp³-hybridized carbons (Fsp3) is 0.265. The number of nitriles is 1. The first-order valence-corrected chi connectivity index (χ1v) is 21.4. The van der Waals surface area contributed by atoms with E-state index in [1.807, 2.05) is 39.4 Å². The van der Waals surface area contributed by atoms with Crippen molar-refractivity contribution in [2.75, 3.05) is 14.2 Å². The minimum absolute atomic E-state index is 0.00801. The number of methoxy groups -OCH3 is 2. The highest BCUT2D eigenvalue weighted by Crippen LogP contribution is 2.40. The first-order chi connectivity index (χ1) is 32.5. The van der Waals surface area contributed by atoms with E-state index in [1.165, 1.54) is 93.9 Å².